The molecule has 0 aliphatic carbocycles. The first-order valence-electron chi connectivity index (χ1n) is 5.31. The van der Waals surface area contributed by atoms with Gasteiger partial charge in [-0.3, -0.25) is 0 Å². The van der Waals surface area contributed by atoms with E-state index in [9.17, 15) is 15.3 Å². The highest BCUT2D eigenvalue weighted by atomic mass is 16.3. The van der Waals surface area contributed by atoms with Crippen molar-refractivity contribution in [3.05, 3.63) is 41.5 Å². The van der Waals surface area contributed by atoms with Crippen molar-refractivity contribution in [2.45, 2.75) is 13.8 Å². The van der Waals surface area contributed by atoms with Gasteiger partial charge in [0.1, 0.15) is 17.2 Å². The lowest BCUT2D eigenvalue weighted by Crippen LogP contribution is -1.86. The molecule has 0 spiro atoms. The fourth-order valence-electron chi connectivity index (χ4n) is 1.97. The summed E-state index contributed by atoms with van der Waals surface area (Å²) in [4.78, 5) is 0. The molecule has 0 radical (unpaired) electrons. The van der Waals surface area contributed by atoms with Crippen molar-refractivity contribution in [2.24, 2.45) is 0 Å². The molecule has 2 aromatic carbocycles. The maximum Gasteiger partial charge on any atom is 0.130 e. The van der Waals surface area contributed by atoms with Crippen molar-refractivity contribution >= 4 is 0 Å². The smallest absolute Gasteiger partial charge is 0.130 e. The van der Waals surface area contributed by atoms with Gasteiger partial charge in [-0.25, -0.2) is 0 Å². The number of phenols is 3. The van der Waals surface area contributed by atoms with Crippen molar-refractivity contribution in [3.63, 3.8) is 0 Å². The second kappa shape index (κ2) is 4.01. The molecule has 0 fully saturated rings. The molecule has 0 aromatic heterocycles. The van der Waals surface area contributed by atoms with Crippen LogP contribution in [-0.2, 0) is 0 Å². The van der Waals surface area contributed by atoms with Gasteiger partial charge >= 0.3 is 0 Å². The number of aromatic hydroxyl groups is 3. The minimum absolute atomic E-state index is 0.130. The van der Waals surface area contributed by atoms with Crippen molar-refractivity contribution in [2.75, 3.05) is 0 Å². The van der Waals surface area contributed by atoms with E-state index in [0.29, 0.717) is 5.56 Å². The quantitative estimate of drug-likeness (QED) is 0.705. The summed E-state index contributed by atoms with van der Waals surface area (Å²) < 4.78 is 0. The lowest BCUT2D eigenvalue weighted by molar-refractivity contribution is 0.430. The van der Waals surface area contributed by atoms with Crippen LogP contribution in [0.25, 0.3) is 11.1 Å². The number of hydrogen-bond donors (Lipinski definition) is 3. The first-order valence-corrected chi connectivity index (χ1v) is 5.31. The van der Waals surface area contributed by atoms with E-state index in [1.165, 1.54) is 12.1 Å². The Bertz CT molecular complexity index is 551. The monoisotopic (exact) mass is 230 g/mol. The van der Waals surface area contributed by atoms with Crippen LogP contribution in [0.5, 0.6) is 17.2 Å². The summed E-state index contributed by atoms with van der Waals surface area (Å²) in [6.07, 6.45) is 0. The fraction of sp³-hybridized carbons (Fsp3) is 0.143. The van der Waals surface area contributed by atoms with Crippen LogP contribution < -0.4 is 0 Å². The van der Waals surface area contributed by atoms with Crippen molar-refractivity contribution in [3.8, 4) is 28.4 Å². The first kappa shape index (κ1) is 11.3. The molecule has 3 nitrogen and oxygen atoms in total. The lowest BCUT2D eigenvalue weighted by Gasteiger charge is -2.11. The van der Waals surface area contributed by atoms with Gasteiger partial charge in [-0.2, -0.15) is 0 Å². The number of aryl methyl sites for hydroxylation is 2. The van der Waals surface area contributed by atoms with Gasteiger partial charge in [0.2, 0.25) is 0 Å². The van der Waals surface area contributed by atoms with Crippen LogP contribution in [0.2, 0.25) is 0 Å². The second-order valence-corrected chi connectivity index (χ2v) is 4.18. The standard InChI is InChI=1S/C14H14O3/c1-8-3-4-11(9(2)5-8)14-12(16)6-10(15)7-13(14)17/h3-7,15-17H,1-2H3. The zero-order chi connectivity index (χ0) is 12.6. The zero-order valence-electron chi connectivity index (χ0n) is 9.73. The maximum atomic E-state index is 9.80. The average Bonchev–Trinajstić information content (AvgIpc) is 2.19. The molecule has 0 saturated heterocycles. The summed E-state index contributed by atoms with van der Waals surface area (Å²) in [6.45, 7) is 3.89. The van der Waals surface area contributed by atoms with E-state index < -0.39 is 0 Å². The highest BCUT2D eigenvalue weighted by molar-refractivity contribution is 5.79. The molecule has 3 N–H and O–H groups in total. The normalized spacial score (nSPS) is 10.5. The molecule has 2 aromatic rings. The largest absolute Gasteiger partial charge is 0.508 e. The Kier molecular flexibility index (Phi) is 2.68. The van der Waals surface area contributed by atoms with Gasteiger partial charge in [-0.15, -0.1) is 0 Å². The van der Waals surface area contributed by atoms with Crippen LogP contribution in [0.4, 0.5) is 0 Å². The highest BCUT2D eigenvalue weighted by Crippen LogP contribution is 2.41. The van der Waals surface area contributed by atoms with Crippen LogP contribution in [0.1, 0.15) is 11.1 Å². The van der Waals surface area contributed by atoms with Crippen molar-refractivity contribution in [1.29, 1.82) is 0 Å². The van der Waals surface area contributed by atoms with Crippen molar-refractivity contribution in [1.82, 2.24) is 0 Å². The van der Waals surface area contributed by atoms with Gasteiger partial charge in [0, 0.05) is 12.1 Å². The van der Waals surface area contributed by atoms with Crippen LogP contribution in [-0.4, -0.2) is 15.3 Å². The van der Waals surface area contributed by atoms with E-state index in [-0.39, 0.29) is 17.2 Å². The SMILES string of the molecule is Cc1ccc(-c2c(O)cc(O)cc2O)c(C)c1. The topological polar surface area (TPSA) is 60.7 Å². The Morgan fingerprint density at radius 1 is 0.824 bits per heavy atom. The molecule has 0 heterocycles. The second-order valence-electron chi connectivity index (χ2n) is 4.18. The van der Waals surface area contributed by atoms with Crippen LogP contribution in [0.15, 0.2) is 30.3 Å². The lowest BCUT2D eigenvalue weighted by atomic mass is 9.97. The van der Waals surface area contributed by atoms with Crippen LogP contribution >= 0.6 is 0 Å². The minimum Gasteiger partial charge on any atom is -0.508 e. The van der Waals surface area contributed by atoms with E-state index in [0.717, 1.165) is 16.7 Å². The first-order chi connectivity index (χ1) is 7.99. The molecule has 0 unspecified atom stereocenters. The third kappa shape index (κ3) is 2.04. The van der Waals surface area contributed by atoms with Gasteiger partial charge in [0.25, 0.3) is 0 Å². The van der Waals surface area contributed by atoms with E-state index >= 15 is 0 Å². The molecule has 0 bridgehead atoms. The molecule has 0 aliphatic heterocycles. The highest BCUT2D eigenvalue weighted by Gasteiger charge is 2.13. The maximum absolute atomic E-state index is 9.80. The van der Waals surface area contributed by atoms with Gasteiger partial charge < -0.3 is 15.3 Å². The molecule has 0 amide bonds. The fourth-order valence-corrected chi connectivity index (χ4v) is 1.97. The predicted molar refractivity (Wildman–Crippen MR) is 66.3 cm³/mol. The van der Waals surface area contributed by atoms with E-state index in [2.05, 4.69) is 0 Å². The van der Waals surface area contributed by atoms with Gasteiger partial charge in [-0.05, 0) is 25.0 Å². The Labute approximate surface area is 99.6 Å². The Morgan fingerprint density at radius 2 is 1.41 bits per heavy atom. The summed E-state index contributed by atoms with van der Waals surface area (Å²) in [5.41, 5.74) is 3.18. The molecule has 2 rings (SSSR count). The Balaban J connectivity index is 2.68. The van der Waals surface area contributed by atoms with Gasteiger partial charge in [0.15, 0.2) is 0 Å². The molecule has 0 atom stereocenters. The number of phenolic OH excluding ortho intramolecular Hbond substituents is 3. The number of hydrogen-bond acceptors (Lipinski definition) is 3. The molecule has 0 aliphatic rings. The predicted octanol–water partition coefficient (Wildman–Crippen LogP) is 3.09. The van der Waals surface area contributed by atoms with E-state index in [4.69, 9.17) is 0 Å². The van der Waals surface area contributed by atoms with Gasteiger partial charge in [-0.1, -0.05) is 23.8 Å². The molecular formula is C14H14O3. The summed E-state index contributed by atoms with van der Waals surface area (Å²) >= 11 is 0. The number of benzene rings is 2. The summed E-state index contributed by atoms with van der Waals surface area (Å²) in [5.74, 6) is -0.419. The van der Waals surface area contributed by atoms with Crippen molar-refractivity contribution < 1.29 is 15.3 Å². The molecular weight excluding hydrogens is 216 g/mol. The number of rotatable bonds is 1. The van der Waals surface area contributed by atoms with Gasteiger partial charge in [0.05, 0.1) is 5.56 Å². The molecule has 3 heteroatoms. The van der Waals surface area contributed by atoms with Crippen LogP contribution in [0.3, 0.4) is 0 Å². The molecule has 0 saturated carbocycles. The summed E-state index contributed by atoms with van der Waals surface area (Å²) in [5, 5.41) is 28.9. The molecule has 88 valence electrons. The zero-order valence-corrected chi connectivity index (χ0v) is 9.73. The summed E-state index contributed by atoms with van der Waals surface area (Å²) in [7, 11) is 0. The third-order valence-electron chi connectivity index (χ3n) is 2.73. The minimum atomic E-state index is -0.159. The Morgan fingerprint density at radius 3 is 1.94 bits per heavy atom. The third-order valence-corrected chi connectivity index (χ3v) is 2.73. The van der Waals surface area contributed by atoms with E-state index in [1.807, 2.05) is 32.0 Å². The summed E-state index contributed by atoms with van der Waals surface area (Å²) in [6, 6.07) is 8.16. The van der Waals surface area contributed by atoms with E-state index in [1.54, 1.807) is 0 Å². The average molecular weight is 230 g/mol. The van der Waals surface area contributed by atoms with Crippen LogP contribution in [0, 0.1) is 13.8 Å². The molecule has 17 heavy (non-hydrogen) atoms. The Hall–Kier alpha value is -2.16.